The van der Waals surface area contributed by atoms with Crippen molar-refractivity contribution in [2.75, 3.05) is 12.3 Å². The second-order valence-corrected chi connectivity index (χ2v) is 6.93. The summed E-state index contributed by atoms with van der Waals surface area (Å²) in [5.41, 5.74) is 12.6. The lowest BCUT2D eigenvalue weighted by Gasteiger charge is -2.25. The Morgan fingerprint density at radius 1 is 1.30 bits per heavy atom. The van der Waals surface area contributed by atoms with Gasteiger partial charge in [0.05, 0.1) is 11.4 Å². The Labute approximate surface area is 119 Å². The minimum Gasteiger partial charge on any atom is -0.399 e. The molecule has 1 aromatic rings. The largest absolute Gasteiger partial charge is 0.399 e. The van der Waals surface area contributed by atoms with Crippen molar-refractivity contribution < 1.29 is 13.2 Å². The summed E-state index contributed by atoms with van der Waals surface area (Å²) < 4.78 is 26.5. The van der Waals surface area contributed by atoms with Crippen molar-refractivity contribution in [3.8, 4) is 0 Å². The lowest BCUT2D eigenvalue weighted by atomic mass is 10.1. The summed E-state index contributed by atoms with van der Waals surface area (Å²) in [7, 11) is -3.82. The van der Waals surface area contributed by atoms with Crippen molar-refractivity contribution in [3.63, 3.8) is 0 Å². The van der Waals surface area contributed by atoms with Crippen LogP contribution in [0.5, 0.6) is 0 Å². The Morgan fingerprint density at radius 2 is 1.85 bits per heavy atom. The Balaban J connectivity index is 3.45. The summed E-state index contributed by atoms with van der Waals surface area (Å²) in [4.78, 5) is 11.2. The molecule has 0 bridgehead atoms. The molecule has 7 heteroatoms. The number of nitrogen functional groups attached to an aromatic ring is 1. The van der Waals surface area contributed by atoms with E-state index in [4.69, 9.17) is 11.5 Å². The van der Waals surface area contributed by atoms with Crippen LogP contribution in [0.1, 0.15) is 25.0 Å². The van der Waals surface area contributed by atoms with E-state index in [-0.39, 0.29) is 17.5 Å². The Morgan fingerprint density at radius 3 is 2.30 bits per heavy atom. The van der Waals surface area contributed by atoms with Gasteiger partial charge in [0.15, 0.2) is 0 Å². The number of nitrogens with zero attached hydrogens (tertiary/aromatic N) is 1. The number of primary amides is 1. The van der Waals surface area contributed by atoms with Gasteiger partial charge in [0.25, 0.3) is 0 Å². The van der Waals surface area contributed by atoms with Gasteiger partial charge in [0.2, 0.25) is 15.9 Å². The van der Waals surface area contributed by atoms with Gasteiger partial charge < -0.3 is 11.5 Å². The highest BCUT2D eigenvalue weighted by atomic mass is 32.2. The average molecular weight is 299 g/mol. The van der Waals surface area contributed by atoms with E-state index >= 15 is 0 Å². The molecule has 6 nitrogen and oxygen atoms in total. The molecule has 0 aliphatic rings. The van der Waals surface area contributed by atoms with Crippen molar-refractivity contribution in [1.82, 2.24) is 4.31 Å². The second kappa shape index (κ2) is 5.80. The molecule has 0 fully saturated rings. The van der Waals surface area contributed by atoms with E-state index in [0.717, 1.165) is 9.87 Å². The molecule has 1 aromatic carbocycles. The van der Waals surface area contributed by atoms with Crippen molar-refractivity contribution in [1.29, 1.82) is 0 Å². The number of nitrogens with two attached hydrogens (primary N) is 2. The average Bonchev–Trinajstić information content (AvgIpc) is 2.29. The van der Waals surface area contributed by atoms with E-state index < -0.39 is 15.9 Å². The molecule has 0 spiro atoms. The highest BCUT2D eigenvalue weighted by Gasteiger charge is 2.30. The first kappa shape index (κ1) is 16.5. The quantitative estimate of drug-likeness (QED) is 0.783. The van der Waals surface area contributed by atoms with Crippen molar-refractivity contribution in [2.45, 2.75) is 38.6 Å². The molecule has 0 saturated heterocycles. The van der Waals surface area contributed by atoms with E-state index in [9.17, 15) is 13.2 Å². The van der Waals surface area contributed by atoms with Crippen LogP contribution >= 0.6 is 0 Å². The number of amides is 1. The summed E-state index contributed by atoms with van der Waals surface area (Å²) in [6, 6.07) is 2.74. The van der Waals surface area contributed by atoms with Gasteiger partial charge in [0.1, 0.15) is 0 Å². The molecule has 0 atom stereocenters. The van der Waals surface area contributed by atoms with Gasteiger partial charge in [-0.3, -0.25) is 4.79 Å². The number of hydrogen-bond donors (Lipinski definition) is 2. The molecule has 4 N–H and O–H groups in total. The second-order valence-electron chi connectivity index (χ2n) is 5.07. The molecule has 1 rings (SSSR count). The zero-order valence-electron chi connectivity index (χ0n) is 12.2. The van der Waals surface area contributed by atoms with Crippen LogP contribution in [0.4, 0.5) is 5.69 Å². The number of carbonyl (C=O) groups excluding carboxylic acids is 1. The monoisotopic (exact) mass is 299 g/mol. The number of anilines is 1. The van der Waals surface area contributed by atoms with Gasteiger partial charge in [-0.1, -0.05) is 0 Å². The summed E-state index contributed by atoms with van der Waals surface area (Å²) in [5.74, 6) is -0.694. The molecule has 0 aliphatic carbocycles. The molecule has 0 heterocycles. The zero-order valence-corrected chi connectivity index (χ0v) is 13.0. The molecular weight excluding hydrogens is 278 g/mol. The SMILES string of the molecule is Cc1cc(N)cc(S(=O)(=O)N(CC(N)=O)C(C)C)c1C. The van der Waals surface area contributed by atoms with Crippen LogP contribution in [0.3, 0.4) is 0 Å². The van der Waals surface area contributed by atoms with Crippen LogP contribution in [0, 0.1) is 13.8 Å². The van der Waals surface area contributed by atoms with Crippen LogP contribution in [0.2, 0.25) is 0 Å². The summed E-state index contributed by atoms with van der Waals surface area (Å²) in [5, 5.41) is 0. The Bertz CT molecular complexity index is 624. The summed E-state index contributed by atoms with van der Waals surface area (Å²) >= 11 is 0. The predicted octanol–water partition coefficient (Wildman–Crippen LogP) is 0.770. The molecular formula is C13H21N3O3S. The zero-order chi connectivity index (χ0) is 15.7. The lowest BCUT2D eigenvalue weighted by Crippen LogP contribution is -2.42. The van der Waals surface area contributed by atoms with Gasteiger partial charge in [-0.15, -0.1) is 0 Å². The Hall–Kier alpha value is -1.60. The molecule has 0 radical (unpaired) electrons. The minimum atomic E-state index is -3.82. The molecule has 0 aliphatic heterocycles. The number of carbonyl (C=O) groups is 1. The van der Waals surface area contributed by atoms with Gasteiger partial charge in [-0.25, -0.2) is 8.42 Å². The highest BCUT2D eigenvalue weighted by Crippen LogP contribution is 2.26. The maximum Gasteiger partial charge on any atom is 0.244 e. The molecule has 0 unspecified atom stereocenters. The van der Waals surface area contributed by atoms with Crippen molar-refractivity contribution >= 4 is 21.6 Å². The fourth-order valence-electron chi connectivity index (χ4n) is 1.95. The van der Waals surface area contributed by atoms with E-state index in [0.29, 0.717) is 11.3 Å². The van der Waals surface area contributed by atoms with Crippen molar-refractivity contribution in [2.24, 2.45) is 5.73 Å². The van der Waals surface area contributed by atoms with Gasteiger partial charge in [-0.05, 0) is 51.0 Å². The van der Waals surface area contributed by atoms with Crippen LogP contribution in [-0.2, 0) is 14.8 Å². The third-order valence-electron chi connectivity index (χ3n) is 3.12. The van der Waals surface area contributed by atoms with Crippen molar-refractivity contribution in [3.05, 3.63) is 23.3 Å². The topological polar surface area (TPSA) is 106 Å². The van der Waals surface area contributed by atoms with Gasteiger partial charge in [0, 0.05) is 11.7 Å². The Kier molecular flexibility index (Phi) is 4.77. The smallest absolute Gasteiger partial charge is 0.244 e. The molecule has 20 heavy (non-hydrogen) atoms. The molecule has 1 amide bonds. The first-order valence-electron chi connectivity index (χ1n) is 6.24. The fraction of sp³-hybridized carbons (Fsp3) is 0.462. The van der Waals surface area contributed by atoms with Crippen LogP contribution in [0.25, 0.3) is 0 Å². The summed E-state index contributed by atoms with van der Waals surface area (Å²) in [6.45, 7) is 6.53. The number of hydrogen-bond acceptors (Lipinski definition) is 4. The minimum absolute atomic E-state index is 0.116. The van der Waals surface area contributed by atoms with Crippen LogP contribution in [0.15, 0.2) is 17.0 Å². The first-order chi connectivity index (χ1) is 9.07. The highest BCUT2D eigenvalue weighted by molar-refractivity contribution is 7.89. The number of sulfonamides is 1. The van der Waals surface area contributed by atoms with Crippen LogP contribution in [-0.4, -0.2) is 31.2 Å². The molecule has 0 saturated carbocycles. The number of benzene rings is 1. The predicted molar refractivity (Wildman–Crippen MR) is 78.6 cm³/mol. The van der Waals surface area contributed by atoms with E-state index in [1.807, 2.05) is 0 Å². The fourth-order valence-corrected chi connectivity index (χ4v) is 3.88. The third kappa shape index (κ3) is 3.29. The van der Waals surface area contributed by atoms with E-state index in [1.165, 1.54) is 6.07 Å². The van der Waals surface area contributed by atoms with Crippen LogP contribution < -0.4 is 11.5 Å². The number of aryl methyl sites for hydroxylation is 1. The molecule has 0 aromatic heterocycles. The number of rotatable bonds is 5. The third-order valence-corrected chi connectivity index (χ3v) is 5.26. The summed E-state index contributed by atoms with van der Waals surface area (Å²) in [6.07, 6.45) is 0. The van der Waals surface area contributed by atoms with Gasteiger partial charge in [-0.2, -0.15) is 4.31 Å². The normalized spacial score (nSPS) is 12.1. The molecule has 112 valence electrons. The maximum atomic E-state index is 12.7. The van der Waals surface area contributed by atoms with E-state index in [2.05, 4.69) is 0 Å². The van der Waals surface area contributed by atoms with Gasteiger partial charge >= 0.3 is 0 Å². The maximum absolute atomic E-state index is 12.7. The standard InChI is InChI=1S/C13H21N3O3S/c1-8(2)16(7-13(15)17)20(18,19)12-6-11(14)5-9(3)10(12)4/h5-6,8H,7,14H2,1-4H3,(H2,15,17). The lowest BCUT2D eigenvalue weighted by molar-refractivity contribution is -0.118. The first-order valence-corrected chi connectivity index (χ1v) is 7.68. The van der Waals surface area contributed by atoms with E-state index in [1.54, 1.807) is 33.8 Å².